The van der Waals surface area contributed by atoms with Crippen molar-refractivity contribution in [3.05, 3.63) is 12.7 Å². The molecule has 1 amide bonds. The topological polar surface area (TPSA) is 83.5 Å². The third-order valence-corrected chi connectivity index (χ3v) is 4.40. The maximum Gasteiger partial charge on any atom is 0.264 e. The zero-order valence-corrected chi connectivity index (χ0v) is 14.7. The van der Waals surface area contributed by atoms with E-state index in [0.717, 1.165) is 49.7 Å². The van der Waals surface area contributed by atoms with Gasteiger partial charge in [-0.25, -0.2) is 0 Å². The van der Waals surface area contributed by atoms with Crippen LogP contribution in [0.4, 0.5) is 0 Å². The maximum atomic E-state index is 11.0. The lowest BCUT2D eigenvalue weighted by Gasteiger charge is -2.30. The molecule has 0 aliphatic carbocycles. The van der Waals surface area contributed by atoms with Gasteiger partial charge in [-0.05, 0) is 25.3 Å². The molecule has 0 saturated heterocycles. The summed E-state index contributed by atoms with van der Waals surface area (Å²) in [7, 11) is 0.548. The minimum atomic E-state index is -3.80. The maximum absolute atomic E-state index is 11.0. The van der Waals surface area contributed by atoms with Gasteiger partial charge in [-0.15, -0.1) is 0 Å². The Balaban J connectivity index is 3.59. The first kappa shape index (κ1) is 21.1. The van der Waals surface area contributed by atoms with Gasteiger partial charge < -0.3 is 9.80 Å². The lowest BCUT2D eigenvalue weighted by atomic mass is 10.1. The zero-order valence-electron chi connectivity index (χ0n) is 13.9. The molecule has 0 atom stereocenters. The molecule has 0 saturated carbocycles. The van der Waals surface area contributed by atoms with Crippen molar-refractivity contribution >= 4 is 16.0 Å². The molecular formula is C15H31N2O4S+. The number of amides is 1. The predicted molar refractivity (Wildman–Crippen MR) is 89.2 cm³/mol. The van der Waals surface area contributed by atoms with Gasteiger partial charge in [-0.3, -0.25) is 9.35 Å². The van der Waals surface area contributed by atoms with Crippen molar-refractivity contribution in [2.24, 2.45) is 0 Å². The lowest BCUT2D eigenvalue weighted by molar-refractivity contribution is -0.890. The molecule has 2 N–H and O–H groups in total. The monoisotopic (exact) mass is 335 g/mol. The Labute approximate surface area is 134 Å². The highest BCUT2D eigenvalue weighted by Gasteiger charge is 2.13. The molecule has 0 spiro atoms. The Hall–Kier alpha value is -0.920. The fourth-order valence-electron chi connectivity index (χ4n) is 2.26. The number of nitrogens with zero attached hydrogens (tertiary/aromatic N) is 1. The minimum absolute atomic E-state index is 0.129. The quantitative estimate of drug-likeness (QED) is 0.232. The van der Waals surface area contributed by atoms with Crippen LogP contribution in [0, 0.1) is 0 Å². The van der Waals surface area contributed by atoms with E-state index >= 15 is 0 Å². The Kier molecular flexibility index (Phi) is 10.3. The van der Waals surface area contributed by atoms with Crippen molar-refractivity contribution in [2.45, 2.75) is 38.5 Å². The van der Waals surface area contributed by atoms with Crippen LogP contribution in [0.1, 0.15) is 38.5 Å². The van der Waals surface area contributed by atoms with Crippen LogP contribution in [0.25, 0.3) is 0 Å². The van der Waals surface area contributed by atoms with Gasteiger partial charge in [-0.1, -0.05) is 19.4 Å². The molecular weight excluding hydrogens is 304 g/mol. The van der Waals surface area contributed by atoms with Crippen LogP contribution in [0.15, 0.2) is 12.7 Å². The SMILES string of the molecule is C=CC(=O)NCCC[N+](C)(C)CCCCCCCS(=O)(=O)O. The Morgan fingerprint density at radius 1 is 1.09 bits per heavy atom. The highest BCUT2D eigenvalue weighted by Crippen LogP contribution is 2.08. The molecule has 0 rings (SSSR count). The van der Waals surface area contributed by atoms with Crippen molar-refractivity contribution in [3.8, 4) is 0 Å². The summed E-state index contributed by atoms with van der Waals surface area (Å²) in [6.07, 6.45) is 6.73. The summed E-state index contributed by atoms with van der Waals surface area (Å²) in [5, 5.41) is 2.77. The standard InChI is InChI=1S/C15H30N2O4S/c1-4-15(18)16-11-10-13-17(2,3)12-8-6-5-7-9-14-22(19,20)21/h4H,1,5-14H2,2-3H3,(H-,16,18,19,20,21)/p+1. The molecule has 22 heavy (non-hydrogen) atoms. The summed E-state index contributed by atoms with van der Waals surface area (Å²) >= 11 is 0. The number of carbonyl (C=O) groups excluding carboxylic acids is 1. The van der Waals surface area contributed by atoms with Crippen molar-refractivity contribution in [1.82, 2.24) is 5.32 Å². The van der Waals surface area contributed by atoms with Gasteiger partial charge in [0.15, 0.2) is 0 Å². The van der Waals surface area contributed by atoms with Crippen molar-refractivity contribution in [1.29, 1.82) is 0 Å². The number of hydrogen-bond donors (Lipinski definition) is 2. The fraction of sp³-hybridized carbons (Fsp3) is 0.800. The zero-order chi connectivity index (χ0) is 17.1. The first-order valence-electron chi connectivity index (χ1n) is 7.84. The predicted octanol–water partition coefficient (Wildman–Crippen LogP) is 1.59. The largest absolute Gasteiger partial charge is 0.352 e. The van der Waals surface area contributed by atoms with Crippen LogP contribution in [-0.2, 0) is 14.9 Å². The first-order chi connectivity index (χ1) is 10.2. The summed E-state index contributed by atoms with van der Waals surface area (Å²) in [6, 6.07) is 0. The molecule has 6 nitrogen and oxygen atoms in total. The van der Waals surface area contributed by atoms with Crippen molar-refractivity contribution in [3.63, 3.8) is 0 Å². The van der Waals surface area contributed by atoms with Gasteiger partial charge in [-0.2, -0.15) is 8.42 Å². The fourth-order valence-corrected chi connectivity index (χ4v) is 2.83. The van der Waals surface area contributed by atoms with Crippen LogP contribution in [0.5, 0.6) is 0 Å². The van der Waals surface area contributed by atoms with Crippen molar-refractivity contribution < 1.29 is 22.2 Å². The number of unbranched alkanes of at least 4 members (excludes halogenated alkanes) is 4. The summed E-state index contributed by atoms with van der Waals surface area (Å²) in [4.78, 5) is 11.0. The van der Waals surface area contributed by atoms with E-state index in [2.05, 4.69) is 26.0 Å². The van der Waals surface area contributed by atoms with Gasteiger partial charge in [0.1, 0.15) is 0 Å². The van der Waals surface area contributed by atoms with Gasteiger partial charge in [0.25, 0.3) is 10.1 Å². The number of hydrogen-bond acceptors (Lipinski definition) is 3. The number of nitrogens with one attached hydrogen (secondary N) is 1. The molecule has 0 heterocycles. The molecule has 0 aromatic heterocycles. The van der Waals surface area contributed by atoms with E-state index in [0.29, 0.717) is 13.0 Å². The second-order valence-corrected chi connectivity index (χ2v) is 7.86. The molecule has 130 valence electrons. The van der Waals surface area contributed by atoms with Gasteiger partial charge in [0, 0.05) is 13.0 Å². The Morgan fingerprint density at radius 2 is 1.64 bits per heavy atom. The van der Waals surface area contributed by atoms with Crippen LogP contribution in [0.2, 0.25) is 0 Å². The number of carbonyl (C=O) groups is 1. The van der Waals surface area contributed by atoms with E-state index in [1.165, 1.54) is 6.08 Å². The van der Waals surface area contributed by atoms with Crippen LogP contribution < -0.4 is 5.32 Å². The lowest BCUT2D eigenvalue weighted by Crippen LogP contribution is -2.42. The van der Waals surface area contributed by atoms with Gasteiger partial charge in [0.2, 0.25) is 5.91 Å². The smallest absolute Gasteiger partial charge is 0.264 e. The van der Waals surface area contributed by atoms with E-state index in [1.807, 2.05) is 0 Å². The van der Waals surface area contributed by atoms with Crippen molar-refractivity contribution in [2.75, 3.05) is 39.5 Å². The van der Waals surface area contributed by atoms with E-state index in [9.17, 15) is 13.2 Å². The average molecular weight is 335 g/mol. The van der Waals surface area contributed by atoms with Crippen LogP contribution >= 0.6 is 0 Å². The Morgan fingerprint density at radius 3 is 2.23 bits per heavy atom. The number of rotatable bonds is 13. The average Bonchev–Trinajstić information content (AvgIpc) is 2.41. The van der Waals surface area contributed by atoms with Gasteiger partial charge in [0.05, 0.1) is 32.9 Å². The molecule has 0 unspecified atom stereocenters. The molecule has 0 radical (unpaired) electrons. The highest BCUT2D eigenvalue weighted by atomic mass is 32.2. The molecule has 0 aliphatic heterocycles. The van der Waals surface area contributed by atoms with E-state index in [1.54, 1.807) is 0 Å². The second-order valence-electron chi connectivity index (χ2n) is 6.29. The molecule has 7 heteroatoms. The third kappa shape index (κ3) is 14.0. The first-order valence-corrected chi connectivity index (χ1v) is 9.45. The normalized spacial score (nSPS) is 12.1. The van der Waals surface area contributed by atoms with Gasteiger partial charge >= 0.3 is 0 Å². The highest BCUT2D eigenvalue weighted by molar-refractivity contribution is 7.85. The molecule has 0 aromatic rings. The molecule has 0 aliphatic rings. The number of quaternary nitrogens is 1. The summed E-state index contributed by atoms with van der Waals surface area (Å²) in [5.41, 5.74) is 0. The van der Waals surface area contributed by atoms with Crippen LogP contribution in [-0.4, -0.2) is 62.8 Å². The summed E-state index contributed by atoms with van der Waals surface area (Å²) < 4.78 is 30.6. The second kappa shape index (κ2) is 10.7. The third-order valence-electron chi connectivity index (χ3n) is 3.59. The molecule has 0 bridgehead atoms. The van der Waals surface area contributed by atoms with E-state index in [4.69, 9.17) is 4.55 Å². The summed E-state index contributed by atoms with van der Waals surface area (Å²) in [5.74, 6) is -0.263. The van der Waals surface area contributed by atoms with E-state index < -0.39 is 10.1 Å². The van der Waals surface area contributed by atoms with Crippen LogP contribution in [0.3, 0.4) is 0 Å². The Bertz CT molecular complexity index is 433. The minimum Gasteiger partial charge on any atom is -0.352 e. The molecule has 0 aromatic carbocycles. The van der Waals surface area contributed by atoms with E-state index in [-0.39, 0.29) is 11.7 Å². The summed E-state index contributed by atoms with van der Waals surface area (Å²) in [6.45, 7) is 6.14. The molecule has 0 fully saturated rings.